The van der Waals surface area contributed by atoms with Gasteiger partial charge in [0.1, 0.15) is 5.69 Å². The summed E-state index contributed by atoms with van der Waals surface area (Å²) < 4.78 is 11.1. The number of oxazole rings is 1. The number of hydrogen-bond acceptors (Lipinski definition) is 1. The number of hydrogen-bond donors (Lipinski definition) is 0. The van der Waals surface area contributed by atoms with Gasteiger partial charge in [0.25, 0.3) is 5.82 Å². The first-order valence-corrected chi connectivity index (χ1v) is 9.26. The summed E-state index contributed by atoms with van der Waals surface area (Å²) in [7, 11) is 0. The van der Waals surface area contributed by atoms with Crippen molar-refractivity contribution in [3.05, 3.63) is 65.6 Å². The van der Waals surface area contributed by atoms with E-state index in [4.69, 9.17) is 4.42 Å². The third-order valence-electron chi connectivity index (χ3n) is 5.70. The lowest BCUT2D eigenvalue weighted by Crippen LogP contribution is -2.27. The maximum Gasteiger partial charge on any atom is 0.339 e. The molecule has 25 heavy (non-hydrogen) atoms. The number of nitrogens with zero attached hydrogens (tertiary/aromatic N) is 2. The van der Waals surface area contributed by atoms with Gasteiger partial charge < -0.3 is 4.42 Å². The number of benzene rings is 2. The number of fused-ring (bicyclic) bond motifs is 3. The molecule has 1 aliphatic carbocycles. The zero-order valence-corrected chi connectivity index (χ0v) is 14.8. The minimum atomic E-state index is 0.585. The molecule has 3 nitrogen and oxygen atoms in total. The summed E-state index contributed by atoms with van der Waals surface area (Å²) in [5.74, 6) is 1.96. The Hall–Kier alpha value is -2.55. The highest BCUT2D eigenvalue weighted by Crippen LogP contribution is 2.37. The summed E-state index contributed by atoms with van der Waals surface area (Å²) >= 11 is 0. The molecular formula is C22H23N2O+. The molecule has 0 unspecified atom stereocenters. The lowest BCUT2D eigenvalue weighted by atomic mass is 10.1. The monoisotopic (exact) mass is 331 g/mol. The number of para-hydroxylation sites is 3. The third-order valence-corrected chi connectivity index (χ3v) is 5.70. The molecule has 0 spiro atoms. The van der Waals surface area contributed by atoms with Gasteiger partial charge in [-0.05, 0) is 43.5 Å². The molecule has 2 heterocycles. The van der Waals surface area contributed by atoms with E-state index in [-0.39, 0.29) is 0 Å². The molecular weight excluding hydrogens is 308 g/mol. The van der Waals surface area contributed by atoms with Crippen molar-refractivity contribution in [2.75, 3.05) is 0 Å². The Kier molecular flexibility index (Phi) is 3.24. The summed E-state index contributed by atoms with van der Waals surface area (Å²) in [6.07, 6.45) is 5.16. The van der Waals surface area contributed by atoms with Crippen molar-refractivity contribution in [1.82, 2.24) is 4.57 Å². The molecule has 2 aromatic heterocycles. The van der Waals surface area contributed by atoms with E-state index in [1.165, 1.54) is 54.0 Å². The SMILES string of the molecule is Cc1ccccc1-n1c(C)c2oc3ccccc3[n+]2c1C1CCCC1. The van der Waals surface area contributed by atoms with Crippen LogP contribution in [-0.4, -0.2) is 4.57 Å². The summed E-state index contributed by atoms with van der Waals surface area (Å²) in [5, 5.41) is 0. The maximum absolute atomic E-state index is 6.27. The van der Waals surface area contributed by atoms with Crippen LogP contribution in [0.4, 0.5) is 0 Å². The second-order valence-electron chi connectivity index (χ2n) is 7.26. The Balaban J connectivity index is 1.92. The number of rotatable bonds is 2. The first kappa shape index (κ1) is 14.8. The van der Waals surface area contributed by atoms with Gasteiger partial charge in [0, 0.05) is 6.92 Å². The summed E-state index contributed by atoms with van der Waals surface area (Å²) in [6.45, 7) is 4.38. The summed E-state index contributed by atoms with van der Waals surface area (Å²) in [6, 6.07) is 17.0. The fraction of sp³-hybridized carbons (Fsp3) is 0.318. The summed E-state index contributed by atoms with van der Waals surface area (Å²) in [4.78, 5) is 0. The minimum absolute atomic E-state index is 0.585. The van der Waals surface area contributed by atoms with Crippen LogP contribution in [0.2, 0.25) is 0 Å². The van der Waals surface area contributed by atoms with E-state index in [9.17, 15) is 0 Å². The van der Waals surface area contributed by atoms with Crippen molar-refractivity contribution in [3.8, 4) is 5.69 Å². The van der Waals surface area contributed by atoms with Crippen LogP contribution in [0.25, 0.3) is 22.5 Å². The van der Waals surface area contributed by atoms with Crippen LogP contribution in [-0.2, 0) is 0 Å². The number of aromatic nitrogens is 2. The van der Waals surface area contributed by atoms with Crippen molar-refractivity contribution < 1.29 is 8.82 Å². The van der Waals surface area contributed by atoms with Gasteiger partial charge in [-0.25, -0.2) is 0 Å². The Morgan fingerprint density at radius 2 is 1.68 bits per heavy atom. The zero-order chi connectivity index (χ0) is 17.0. The highest BCUT2D eigenvalue weighted by Gasteiger charge is 2.36. The van der Waals surface area contributed by atoms with Gasteiger partial charge >= 0.3 is 5.71 Å². The standard InChI is InChI=1S/C22H23N2O/c1-15-9-3-6-12-18(15)23-16(2)22-24(21(23)17-10-4-5-11-17)19-13-7-8-14-20(19)25-22/h3,6-9,12-14,17H,4-5,10-11H2,1-2H3/q+1. The van der Waals surface area contributed by atoms with Gasteiger partial charge in [0.05, 0.1) is 5.92 Å². The molecule has 0 radical (unpaired) electrons. The molecule has 1 aliphatic rings. The molecule has 1 fully saturated rings. The largest absolute Gasteiger partial charge is 0.415 e. The molecule has 0 saturated heterocycles. The zero-order valence-electron chi connectivity index (χ0n) is 14.8. The molecule has 126 valence electrons. The Labute approximate surface area is 147 Å². The van der Waals surface area contributed by atoms with Crippen molar-refractivity contribution >= 4 is 16.8 Å². The predicted molar refractivity (Wildman–Crippen MR) is 99.4 cm³/mol. The normalized spacial score (nSPS) is 15.6. The summed E-state index contributed by atoms with van der Waals surface area (Å²) in [5.41, 5.74) is 6.88. The highest BCUT2D eigenvalue weighted by molar-refractivity contribution is 5.71. The molecule has 0 aliphatic heterocycles. The van der Waals surface area contributed by atoms with Crippen LogP contribution in [0.3, 0.4) is 0 Å². The Bertz CT molecular complexity index is 1080. The van der Waals surface area contributed by atoms with E-state index >= 15 is 0 Å². The van der Waals surface area contributed by atoms with Gasteiger partial charge in [0.15, 0.2) is 16.8 Å². The van der Waals surface area contributed by atoms with Crippen LogP contribution in [0.1, 0.15) is 48.7 Å². The third kappa shape index (κ3) is 2.08. The van der Waals surface area contributed by atoms with E-state index in [1.807, 2.05) is 6.07 Å². The lowest BCUT2D eigenvalue weighted by Gasteiger charge is -2.10. The fourth-order valence-corrected chi connectivity index (χ4v) is 4.49. The van der Waals surface area contributed by atoms with Gasteiger partial charge in [0.2, 0.25) is 0 Å². The fourth-order valence-electron chi connectivity index (χ4n) is 4.49. The van der Waals surface area contributed by atoms with Gasteiger partial charge in [-0.15, -0.1) is 0 Å². The molecule has 0 N–H and O–H groups in total. The van der Waals surface area contributed by atoms with Crippen LogP contribution in [0.5, 0.6) is 0 Å². The van der Waals surface area contributed by atoms with E-state index in [0.717, 1.165) is 11.3 Å². The smallest absolute Gasteiger partial charge is 0.339 e. The molecule has 0 bridgehead atoms. The van der Waals surface area contributed by atoms with E-state index in [0.29, 0.717) is 5.92 Å². The van der Waals surface area contributed by atoms with Crippen LogP contribution in [0.15, 0.2) is 52.9 Å². The molecule has 5 rings (SSSR count). The number of aryl methyl sites for hydroxylation is 2. The van der Waals surface area contributed by atoms with Gasteiger partial charge in [-0.1, -0.05) is 43.2 Å². The second-order valence-corrected chi connectivity index (χ2v) is 7.26. The quantitative estimate of drug-likeness (QED) is 0.461. The van der Waals surface area contributed by atoms with Crippen LogP contribution in [0, 0.1) is 13.8 Å². The van der Waals surface area contributed by atoms with E-state index < -0.39 is 0 Å². The first-order chi connectivity index (χ1) is 12.3. The average molecular weight is 331 g/mol. The molecule has 2 aromatic carbocycles. The highest BCUT2D eigenvalue weighted by atomic mass is 16.3. The van der Waals surface area contributed by atoms with Gasteiger partial charge in [-0.2, -0.15) is 8.97 Å². The van der Waals surface area contributed by atoms with Crippen molar-refractivity contribution in [3.63, 3.8) is 0 Å². The van der Waals surface area contributed by atoms with Crippen molar-refractivity contribution in [2.45, 2.75) is 45.4 Å². The van der Waals surface area contributed by atoms with E-state index in [2.05, 4.69) is 65.3 Å². The first-order valence-electron chi connectivity index (χ1n) is 9.26. The molecule has 0 atom stereocenters. The van der Waals surface area contributed by atoms with Crippen LogP contribution >= 0.6 is 0 Å². The topological polar surface area (TPSA) is 22.2 Å². The number of imidazole rings is 1. The van der Waals surface area contributed by atoms with E-state index in [1.54, 1.807) is 0 Å². The minimum Gasteiger partial charge on any atom is -0.415 e. The van der Waals surface area contributed by atoms with Crippen LogP contribution < -0.4 is 4.40 Å². The Morgan fingerprint density at radius 1 is 0.960 bits per heavy atom. The maximum atomic E-state index is 6.27. The van der Waals surface area contributed by atoms with Gasteiger partial charge in [-0.3, -0.25) is 0 Å². The predicted octanol–water partition coefficient (Wildman–Crippen LogP) is 5.24. The molecule has 3 heteroatoms. The lowest BCUT2D eigenvalue weighted by molar-refractivity contribution is -0.498. The average Bonchev–Trinajstić information content (AvgIpc) is 3.32. The molecule has 1 saturated carbocycles. The molecule has 0 amide bonds. The van der Waals surface area contributed by atoms with Crippen molar-refractivity contribution in [2.24, 2.45) is 0 Å². The molecule has 4 aromatic rings. The van der Waals surface area contributed by atoms with Crippen molar-refractivity contribution in [1.29, 1.82) is 0 Å². The second kappa shape index (κ2) is 5.48. The Morgan fingerprint density at radius 3 is 2.48 bits per heavy atom.